The highest BCUT2D eigenvalue weighted by Gasteiger charge is 2.55. The fourth-order valence-corrected chi connectivity index (χ4v) is 6.31. The Balaban J connectivity index is 1.69. The molecule has 0 atom stereocenters. The molecular weight excluding hydrogens is 388 g/mol. The summed E-state index contributed by atoms with van der Waals surface area (Å²) in [4.78, 5) is 0. The van der Waals surface area contributed by atoms with E-state index < -0.39 is 0 Å². The minimum absolute atomic E-state index is 0.0673. The molecule has 32 heavy (non-hydrogen) atoms. The normalized spacial score (nSPS) is 18.3. The van der Waals surface area contributed by atoms with Gasteiger partial charge in [0.25, 0.3) is 0 Å². The summed E-state index contributed by atoms with van der Waals surface area (Å²) >= 11 is 0. The summed E-state index contributed by atoms with van der Waals surface area (Å²) in [6.45, 7) is 9.44. The molecule has 0 N–H and O–H groups in total. The Morgan fingerprint density at radius 2 is 1.16 bits per heavy atom. The number of fused-ring (bicyclic) bond motifs is 6. The van der Waals surface area contributed by atoms with Crippen molar-refractivity contribution in [1.29, 1.82) is 0 Å². The zero-order chi connectivity index (χ0) is 21.8. The molecule has 0 amide bonds. The molecule has 0 spiro atoms. The second-order valence-electron chi connectivity index (χ2n) is 10.3. The lowest BCUT2D eigenvalue weighted by atomic mass is 9.70. The number of hydrogen-bond acceptors (Lipinski definition) is 2. The second-order valence-corrected chi connectivity index (χ2v) is 10.3. The second kappa shape index (κ2) is 5.70. The maximum Gasteiger partial charge on any atom is 0.228 e. The third-order valence-corrected chi connectivity index (χ3v) is 7.94. The standard InChI is InChI=1S/C30H26N2/c1-29(2)21-13-5-7-17-25(21)31-27-19(11-9-15-23(27)29)20-12-10-16-24-28(20)32(31)26-18-8-6-14-22(26)30(24,3)4/h5-18H,1-4H3/q+1. The van der Waals surface area contributed by atoms with E-state index in [4.69, 9.17) is 0 Å². The van der Waals surface area contributed by atoms with E-state index in [1.165, 1.54) is 56.1 Å². The van der Waals surface area contributed by atoms with Crippen LogP contribution in [-0.2, 0) is 10.8 Å². The van der Waals surface area contributed by atoms with Gasteiger partial charge in [0.1, 0.15) is 11.4 Å². The van der Waals surface area contributed by atoms with Crippen LogP contribution in [0.4, 0.5) is 22.7 Å². The number of anilines is 4. The zero-order valence-electron chi connectivity index (χ0n) is 19.0. The molecule has 0 unspecified atom stereocenters. The molecular formula is C30H26N2+. The average Bonchev–Trinajstić information content (AvgIpc) is 2.81. The summed E-state index contributed by atoms with van der Waals surface area (Å²) in [7, 11) is 0. The molecule has 3 aliphatic heterocycles. The molecule has 4 aromatic carbocycles. The Morgan fingerprint density at radius 3 is 1.97 bits per heavy atom. The van der Waals surface area contributed by atoms with E-state index in [9.17, 15) is 0 Å². The number of hydrogen-bond donors (Lipinski definition) is 0. The summed E-state index contributed by atoms with van der Waals surface area (Å²) in [6, 6.07) is 31.6. The van der Waals surface area contributed by atoms with Crippen LogP contribution in [0.15, 0.2) is 84.9 Å². The van der Waals surface area contributed by atoms with Gasteiger partial charge in [-0.25, -0.2) is 0 Å². The van der Waals surface area contributed by atoms with Gasteiger partial charge in [-0.15, -0.1) is 5.01 Å². The third-order valence-electron chi connectivity index (χ3n) is 7.94. The Bertz CT molecular complexity index is 1330. The van der Waals surface area contributed by atoms with E-state index in [0.717, 1.165) is 0 Å². The van der Waals surface area contributed by atoms with Crippen molar-refractivity contribution in [2.45, 2.75) is 38.5 Å². The predicted molar refractivity (Wildman–Crippen MR) is 133 cm³/mol. The molecule has 3 heterocycles. The Hall–Kier alpha value is -3.36. The van der Waals surface area contributed by atoms with E-state index in [1.807, 2.05) is 0 Å². The van der Waals surface area contributed by atoms with Crippen molar-refractivity contribution in [2.75, 3.05) is 5.01 Å². The van der Waals surface area contributed by atoms with Gasteiger partial charge in [0.15, 0.2) is 0 Å². The van der Waals surface area contributed by atoms with Crippen molar-refractivity contribution in [3.8, 4) is 11.1 Å². The summed E-state index contributed by atoms with van der Waals surface area (Å²) in [6.07, 6.45) is 0. The lowest BCUT2D eigenvalue weighted by Gasteiger charge is -2.46. The third kappa shape index (κ3) is 1.96. The van der Waals surface area contributed by atoms with Crippen LogP contribution in [0, 0.1) is 0 Å². The topological polar surface area (TPSA) is 9.14 Å². The quantitative estimate of drug-likeness (QED) is 0.267. The van der Waals surface area contributed by atoms with Crippen molar-refractivity contribution in [1.82, 2.24) is 5.01 Å². The van der Waals surface area contributed by atoms with Gasteiger partial charge in [0.2, 0.25) is 11.4 Å². The van der Waals surface area contributed by atoms with E-state index in [-0.39, 0.29) is 10.8 Å². The highest BCUT2D eigenvalue weighted by atomic mass is 15.6. The molecule has 0 saturated carbocycles. The van der Waals surface area contributed by atoms with Crippen LogP contribution in [0.1, 0.15) is 49.9 Å². The van der Waals surface area contributed by atoms with Crippen molar-refractivity contribution in [3.63, 3.8) is 0 Å². The molecule has 0 bridgehead atoms. The van der Waals surface area contributed by atoms with Crippen LogP contribution < -0.4 is 10.0 Å². The fraction of sp³-hybridized carbons (Fsp3) is 0.200. The van der Waals surface area contributed by atoms with Gasteiger partial charge >= 0.3 is 0 Å². The first-order valence-corrected chi connectivity index (χ1v) is 11.5. The highest BCUT2D eigenvalue weighted by Crippen LogP contribution is 2.62. The first kappa shape index (κ1) is 18.2. The lowest BCUT2D eigenvalue weighted by Crippen LogP contribution is -2.48. The molecule has 1 radical (unpaired) electrons. The number of hydrazine groups is 1. The molecule has 2 nitrogen and oxygen atoms in total. The first-order chi connectivity index (χ1) is 15.4. The van der Waals surface area contributed by atoms with Crippen LogP contribution in [0.3, 0.4) is 0 Å². The molecule has 4 aromatic rings. The van der Waals surface area contributed by atoms with Crippen LogP contribution in [0.25, 0.3) is 11.1 Å². The highest BCUT2D eigenvalue weighted by molar-refractivity contribution is 6.00. The van der Waals surface area contributed by atoms with Crippen LogP contribution in [-0.4, -0.2) is 0 Å². The fourth-order valence-electron chi connectivity index (χ4n) is 6.31. The van der Waals surface area contributed by atoms with Crippen molar-refractivity contribution >= 4 is 22.7 Å². The Labute approximate surface area is 189 Å². The van der Waals surface area contributed by atoms with Crippen molar-refractivity contribution in [2.24, 2.45) is 0 Å². The van der Waals surface area contributed by atoms with E-state index in [1.54, 1.807) is 0 Å². The summed E-state index contributed by atoms with van der Waals surface area (Å²) in [5, 5.41) is 4.98. The van der Waals surface area contributed by atoms with E-state index in [2.05, 4.69) is 123 Å². The van der Waals surface area contributed by atoms with Crippen molar-refractivity contribution < 1.29 is 0 Å². The smallest absolute Gasteiger partial charge is 0.130 e. The number of benzene rings is 4. The van der Waals surface area contributed by atoms with Gasteiger partial charge in [0, 0.05) is 38.6 Å². The maximum atomic E-state index is 2.49. The van der Waals surface area contributed by atoms with Crippen LogP contribution in [0.5, 0.6) is 0 Å². The summed E-state index contributed by atoms with van der Waals surface area (Å²) in [5.41, 5.74) is 13.2. The largest absolute Gasteiger partial charge is 0.228 e. The molecule has 0 fully saturated rings. The minimum Gasteiger partial charge on any atom is -0.130 e. The SMILES string of the molecule is CC1(C)c2ccccc2N2c3c(cccc31)-c1cccc3c1[N+]2c1ccccc1C3(C)C. The zero-order valence-corrected chi connectivity index (χ0v) is 19.0. The van der Waals surface area contributed by atoms with Gasteiger partial charge in [0.05, 0.1) is 5.56 Å². The first-order valence-electron chi connectivity index (χ1n) is 11.5. The van der Waals surface area contributed by atoms with Gasteiger partial charge in [-0.1, -0.05) is 94.4 Å². The lowest BCUT2D eigenvalue weighted by molar-refractivity contribution is 0.547. The molecule has 2 heteroatoms. The van der Waals surface area contributed by atoms with Gasteiger partial charge in [-0.05, 0) is 23.3 Å². The maximum absolute atomic E-state index is 2.49. The minimum atomic E-state index is -0.0673. The summed E-state index contributed by atoms with van der Waals surface area (Å²) < 4.78 is 0. The average molecular weight is 415 g/mol. The number of rotatable bonds is 0. The molecule has 0 saturated heterocycles. The predicted octanol–water partition coefficient (Wildman–Crippen LogP) is 7.80. The van der Waals surface area contributed by atoms with Gasteiger partial charge in [-0.3, -0.25) is 0 Å². The molecule has 155 valence electrons. The Morgan fingerprint density at radius 1 is 0.562 bits per heavy atom. The Kier molecular flexibility index (Phi) is 3.25. The van der Waals surface area contributed by atoms with Crippen LogP contribution >= 0.6 is 0 Å². The van der Waals surface area contributed by atoms with E-state index in [0.29, 0.717) is 0 Å². The number of para-hydroxylation sites is 4. The summed E-state index contributed by atoms with van der Waals surface area (Å²) in [5.74, 6) is 0. The van der Waals surface area contributed by atoms with Gasteiger partial charge < -0.3 is 0 Å². The number of nitrogens with zero attached hydrogens (tertiary/aromatic N) is 2. The van der Waals surface area contributed by atoms with E-state index >= 15 is 0 Å². The molecule has 0 aliphatic carbocycles. The molecule has 0 aromatic heterocycles. The van der Waals surface area contributed by atoms with Crippen molar-refractivity contribution in [3.05, 3.63) is 107 Å². The van der Waals surface area contributed by atoms with Gasteiger partial charge in [-0.2, -0.15) is 0 Å². The molecule has 7 rings (SSSR count). The van der Waals surface area contributed by atoms with Crippen LogP contribution in [0.2, 0.25) is 0 Å². The monoisotopic (exact) mass is 414 g/mol. The molecule has 3 aliphatic rings.